The fraction of sp³-hybridized carbons (Fsp3) is 0.458. The van der Waals surface area contributed by atoms with Crippen LogP contribution in [0.15, 0.2) is 191 Å². The van der Waals surface area contributed by atoms with E-state index in [0.29, 0.717) is 28.2 Å². The smallest absolute Gasteiger partial charge is 0.460 e. The van der Waals surface area contributed by atoms with E-state index in [9.17, 15) is 207 Å². The number of hydrogen-bond donors (Lipinski definition) is 0. The summed E-state index contributed by atoms with van der Waals surface area (Å²) in [6.45, 7) is 2.20. The van der Waals surface area contributed by atoms with Gasteiger partial charge in [-0.15, -0.1) is 0 Å². The largest absolute Gasteiger partial charge is 0.743 e. The van der Waals surface area contributed by atoms with Crippen LogP contribution >= 0.6 is 0 Å². The molecule has 0 amide bonds. The molecule has 0 aromatic heterocycles. The molecule has 1 heterocycles. The number of carbonyl (C=O) groups excluding carboxylic acids is 3. The van der Waals surface area contributed by atoms with Crippen molar-refractivity contribution in [2.24, 2.45) is 0 Å². The van der Waals surface area contributed by atoms with Crippen LogP contribution in [0.25, 0.3) is 0 Å². The molecule has 1 saturated heterocycles. The topological polar surface area (TPSA) is 223 Å². The van der Waals surface area contributed by atoms with Crippen molar-refractivity contribution in [3.63, 3.8) is 0 Å². The number of Topliss-reactive ketones (excluding diaryl/α,β-unsaturated/α-hetero) is 3. The number of rotatable bonds is 29. The Kier molecular flexibility index (Phi) is 37.6. The lowest BCUT2D eigenvalue weighted by molar-refractivity contribution is -0.458. The third-order valence-electron chi connectivity index (χ3n) is 17.3. The molecule has 6 aromatic carbocycles. The van der Waals surface area contributed by atoms with Gasteiger partial charge in [0.1, 0.15) is 17.3 Å². The molecule has 2 aliphatic rings. The molecule has 0 spiro atoms. The standard InChI is InChI=1S/C20H17OS.C18H25OS.C18H21OS.C8HF17O3S.2C4HF9O3S/c21-20(17-10-4-1-5-11-17)16-22(18-12-6-2-7-13-18)19-14-8-3-9-15-19;19-18(14-20-12-4-5-13-20)17-10-8-16(9-11-17)15-6-2-1-3-7-15;1-2-3-14-20(17-12-8-5-9-13-17)15-18(19)16-10-6-4-7-11-16;9-1(10,3(13,14)5(17,18)7(21,22)23)2(11,12)4(15,16)6(19,20)8(24,25)29(26,27)28;2*5-1(6,3(9,10)11)2(7,8)4(12,13)17(14,15)16/h1-15H,16H2;8-11,15H,1-7,12-14H2;4-13H,2-3,14-15H2,1H3;(H,26,27,28);2*(H,14,15,16)/q3*+1;;;/p-3. The van der Waals surface area contributed by atoms with E-state index in [1.165, 1.54) is 89.5 Å². The van der Waals surface area contributed by atoms with Gasteiger partial charge in [0.05, 0.1) is 10.9 Å². The summed E-state index contributed by atoms with van der Waals surface area (Å²) < 4.78 is 515. The van der Waals surface area contributed by atoms with Gasteiger partial charge in [-0.1, -0.05) is 172 Å². The second-order valence-corrected chi connectivity index (χ2v) is 36.9. The Morgan fingerprint density at radius 2 is 0.592 bits per heavy atom. The number of benzene rings is 6. The molecule has 1 aliphatic carbocycles. The summed E-state index contributed by atoms with van der Waals surface area (Å²) in [6.07, 6.45) is -10.4. The zero-order valence-electron chi connectivity index (χ0n) is 62.5. The third kappa shape index (κ3) is 25.4. The Morgan fingerprint density at radius 3 is 0.896 bits per heavy atom. The van der Waals surface area contributed by atoms with Crippen molar-refractivity contribution in [1.82, 2.24) is 0 Å². The molecule has 6 aromatic rings. The van der Waals surface area contributed by atoms with E-state index in [-0.39, 0.29) is 33.4 Å². The highest BCUT2D eigenvalue weighted by molar-refractivity contribution is 7.98. The van der Waals surface area contributed by atoms with Crippen LogP contribution < -0.4 is 0 Å². The molecule has 53 heteroatoms. The van der Waals surface area contributed by atoms with Crippen molar-refractivity contribution in [1.29, 1.82) is 0 Å². The maximum atomic E-state index is 13.0. The minimum absolute atomic E-state index is 0.0321. The second kappa shape index (κ2) is 42.0. The maximum Gasteiger partial charge on any atom is 0.460 e. The van der Waals surface area contributed by atoms with E-state index in [0.717, 1.165) is 34.1 Å². The molecule has 1 unspecified atom stereocenters. The summed E-state index contributed by atoms with van der Waals surface area (Å²) in [5, 5.41) is -22.2. The molecule has 12 nitrogen and oxygen atoms in total. The van der Waals surface area contributed by atoms with Gasteiger partial charge in [-0.3, -0.25) is 14.4 Å². The highest BCUT2D eigenvalue weighted by Gasteiger charge is 2.96. The molecule has 0 radical (unpaired) electrons. The quantitative estimate of drug-likeness (QED) is 0.0185. The first-order chi connectivity index (χ1) is 56.5. The van der Waals surface area contributed by atoms with E-state index in [4.69, 9.17) is 0 Å². The van der Waals surface area contributed by atoms with E-state index >= 15 is 0 Å². The molecule has 8 rings (SSSR count). The van der Waals surface area contributed by atoms with Crippen molar-refractivity contribution < 1.29 is 207 Å². The van der Waals surface area contributed by atoms with Gasteiger partial charge in [0.25, 0.3) is 0 Å². The first kappa shape index (κ1) is 112. The van der Waals surface area contributed by atoms with Gasteiger partial charge >= 0.3 is 93.5 Å². The van der Waals surface area contributed by atoms with Crippen LogP contribution in [-0.2, 0) is 63.0 Å². The first-order valence-corrected chi connectivity index (χ1v) is 43.3. The van der Waals surface area contributed by atoms with Crippen LogP contribution in [-0.4, -0.2) is 184 Å². The molecule has 704 valence electrons. The molecular formula is C72H63F35O12S6. The van der Waals surface area contributed by atoms with Crippen LogP contribution in [0.2, 0.25) is 0 Å². The number of hydrogen-bond acceptors (Lipinski definition) is 12. The average molecular weight is 1980 g/mol. The first-order valence-electron chi connectivity index (χ1n) is 34.4. The Labute approximate surface area is 695 Å². The van der Waals surface area contributed by atoms with Gasteiger partial charge in [0.2, 0.25) is 17.3 Å². The molecule has 2 fully saturated rings. The Hall–Kier alpha value is -7.34. The highest BCUT2D eigenvalue weighted by Crippen LogP contribution is 2.65. The lowest BCUT2D eigenvalue weighted by Gasteiger charge is -2.42. The van der Waals surface area contributed by atoms with E-state index in [1.54, 1.807) is 0 Å². The van der Waals surface area contributed by atoms with Gasteiger partial charge in [0, 0.05) is 27.6 Å². The van der Waals surface area contributed by atoms with Crippen LogP contribution in [0.3, 0.4) is 0 Å². The summed E-state index contributed by atoms with van der Waals surface area (Å²) in [4.78, 5) is 41.0. The zero-order valence-corrected chi connectivity index (χ0v) is 67.4. The predicted octanol–water partition coefficient (Wildman–Crippen LogP) is 21.7. The zero-order chi connectivity index (χ0) is 96.7. The fourth-order valence-electron chi connectivity index (χ4n) is 10.2. The van der Waals surface area contributed by atoms with Gasteiger partial charge in [-0.05, 0) is 90.9 Å². The van der Waals surface area contributed by atoms with Crippen molar-refractivity contribution in [3.8, 4) is 0 Å². The number of ketones is 3. The number of unbranched alkanes of at least 4 members (excludes halogenated alkanes) is 1. The SMILES string of the molecule is CCCC[S+](CC(=O)c1ccccc1)c1ccccc1.O=C(C[S+](c1ccccc1)c1ccccc1)c1ccccc1.O=C(C[S+]1CCCC1)c1ccc(C2CCCCC2)cc1.O=S(=O)([O-])C(F)(F)C(F)(F)C(F)(F)C(F)(F)C(F)(F)C(F)(F)C(F)(F)C(F)(F)F.O=S(=O)([O-])C(F)(F)C(F)(F)C(F)(F)C(F)(F)F.O=S(=O)([O-])C(F)(F)C(F)(F)C(F)(F)C(F)(F)F. The molecule has 0 N–H and O–H groups in total. The van der Waals surface area contributed by atoms with E-state index in [2.05, 4.69) is 79.7 Å². The minimum Gasteiger partial charge on any atom is -0.743 e. The van der Waals surface area contributed by atoms with Crippen LogP contribution in [0.5, 0.6) is 0 Å². The summed E-state index contributed by atoms with van der Waals surface area (Å²) >= 11 is 0. The Bertz CT molecular complexity index is 4680. The van der Waals surface area contributed by atoms with Crippen LogP contribution in [0.4, 0.5) is 154 Å². The second-order valence-electron chi connectivity index (χ2n) is 26.1. The van der Waals surface area contributed by atoms with Gasteiger partial charge in [-0.25, -0.2) is 25.3 Å². The van der Waals surface area contributed by atoms with Crippen molar-refractivity contribution >= 4 is 80.4 Å². The fourth-order valence-corrected chi connectivity index (χ4v) is 18.0. The molecule has 1 saturated carbocycles. The van der Waals surface area contributed by atoms with Crippen molar-refractivity contribution in [3.05, 3.63) is 198 Å². The third-order valence-corrected chi connectivity index (χ3v) is 26.9. The summed E-state index contributed by atoms with van der Waals surface area (Å²) in [7, 11) is -22.8. The lowest BCUT2D eigenvalue weighted by Crippen LogP contribution is -2.75. The monoisotopic (exact) mass is 1980 g/mol. The number of halogens is 35. The normalized spacial score (nSPS) is 15.5. The molecule has 0 bridgehead atoms. The maximum absolute atomic E-state index is 13.0. The van der Waals surface area contributed by atoms with Crippen LogP contribution in [0.1, 0.15) is 107 Å². The average Bonchev–Trinajstić information content (AvgIpc) is 0.701. The summed E-state index contributed by atoms with van der Waals surface area (Å²) in [6, 6.07) is 58.8. The van der Waals surface area contributed by atoms with Gasteiger partial charge in [-0.2, -0.15) is 154 Å². The van der Waals surface area contributed by atoms with Gasteiger partial charge in [0.15, 0.2) is 62.3 Å². The molecule has 1 atom stereocenters. The molecule has 125 heavy (non-hydrogen) atoms. The summed E-state index contributed by atoms with van der Waals surface area (Å²) in [5.41, 5.74) is 4.00. The number of carbonyl (C=O) groups is 3. The Morgan fingerprint density at radius 1 is 0.328 bits per heavy atom. The molecular weight excluding hydrogens is 1910 g/mol. The van der Waals surface area contributed by atoms with Crippen molar-refractivity contribution in [2.45, 2.75) is 179 Å². The number of alkyl halides is 35. The lowest BCUT2D eigenvalue weighted by atomic mass is 9.84. The predicted molar refractivity (Wildman–Crippen MR) is 379 cm³/mol. The summed E-state index contributed by atoms with van der Waals surface area (Å²) in [5.74, 6) is -74.6. The molecule has 1 aliphatic heterocycles. The van der Waals surface area contributed by atoms with E-state index < -0.39 is 124 Å². The highest BCUT2D eigenvalue weighted by atomic mass is 32.2. The van der Waals surface area contributed by atoms with E-state index in [1.807, 2.05) is 103 Å². The Balaban J connectivity index is 0.000000391. The van der Waals surface area contributed by atoms with Crippen LogP contribution in [0, 0.1) is 0 Å². The minimum atomic E-state index is -8.92. The van der Waals surface area contributed by atoms with Gasteiger partial charge < -0.3 is 13.7 Å². The van der Waals surface area contributed by atoms with Crippen molar-refractivity contribution in [2.75, 3.05) is 34.5 Å².